The molecule has 0 fully saturated rings. The lowest BCUT2D eigenvalue weighted by Gasteiger charge is -2.09. The van der Waals surface area contributed by atoms with Crippen LogP contribution in [0.1, 0.15) is 45.4 Å². The second-order valence-electron chi connectivity index (χ2n) is 7.36. The number of hydrogen-bond acceptors (Lipinski definition) is 4. The standard InChI is InChI=1S/C26H30O4/c1-2-3-4-5-6-9-18-28-23-14-16-24(17-15-23)29-20-26(27)30-25-13-12-21-10-7-8-11-22(21)19-25/h7-8,10-17,19H,2-6,9,18,20H2,1H3. The SMILES string of the molecule is CCCCCCCCOc1ccc(OCC(=O)Oc2ccc3ccccc3c2)cc1. The second kappa shape index (κ2) is 11.9. The molecule has 3 rings (SSSR count). The van der Waals surface area contributed by atoms with Gasteiger partial charge in [-0.15, -0.1) is 0 Å². The van der Waals surface area contributed by atoms with Crippen LogP contribution in [0.4, 0.5) is 0 Å². The van der Waals surface area contributed by atoms with Crippen LogP contribution in [0.5, 0.6) is 17.2 Å². The van der Waals surface area contributed by atoms with Crippen LogP contribution in [0.3, 0.4) is 0 Å². The number of unbranched alkanes of at least 4 members (excludes halogenated alkanes) is 5. The molecular weight excluding hydrogens is 376 g/mol. The van der Waals surface area contributed by atoms with Gasteiger partial charge in [0.15, 0.2) is 6.61 Å². The fourth-order valence-electron chi connectivity index (χ4n) is 3.24. The van der Waals surface area contributed by atoms with Crippen LogP contribution in [-0.2, 0) is 4.79 Å². The van der Waals surface area contributed by atoms with Gasteiger partial charge in [0.1, 0.15) is 17.2 Å². The van der Waals surface area contributed by atoms with Crippen molar-refractivity contribution in [2.24, 2.45) is 0 Å². The molecule has 3 aromatic rings. The molecule has 0 unspecified atom stereocenters. The molecule has 0 aromatic heterocycles. The Balaban J connectivity index is 1.37. The molecule has 30 heavy (non-hydrogen) atoms. The zero-order chi connectivity index (χ0) is 21.0. The van der Waals surface area contributed by atoms with E-state index >= 15 is 0 Å². The van der Waals surface area contributed by atoms with E-state index in [4.69, 9.17) is 14.2 Å². The predicted molar refractivity (Wildman–Crippen MR) is 120 cm³/mol. The Morgan fingerprint density at radius 1 is 0.700 bits per heavy atom. The first-order chi connectivity index (χ1) is 14.7. The molecule has 4 nitrogen and oxygen atoms in total. The maximum Gasteiger partial charge on any atom is 0.349 e. The van der Waals surface area contributed by atoms with Crippen LogP contribution in [-0.4, -0.2) is 19.2 Å². The fraction of sp³-hybridized carbons (Fsp3) is 0.346. The summed E-state index contributed by atoms with van der Waals surface area (Å²) in [7, 11) is 0. The van der Waals surface area contributed by atoms with Gasteiger partial charge in [0.2, 0.25) is 0 Å². The molecule has 0 aliphatic heterocycles. The summed E-state index contributed by atoms with van der Waals surface area (Å²) in [6, 6.07) is 20.8. The molecular formula is C26H30O4. The van der Waals surface area contributed by atoms with Gasteiger partial charge in [-0.25, -0.2) is 4.79 Å². The van der Waals surface area contributed by atoms with E-state index in [0.29, 0.717) is 11.5 Å². The summed E-state index contributed by atoms with van der Waals surface area (Å²) in [5.74, 6) is 1.50. The Morgan fingerprint density at radius 3 is 2.10 bits per heavy atom. The average Bonchev–Trinajstić information content (AvgIpc) is 2.78. The lowest BCUT2D eigenvalue weighted by molar-refractivity contribution is -0.136. The summed E-state index contributed by atoms with van der Waals surface area (Å²) in [6.07, 6.45) is 7.46. The zero-order valence-corrected chi connectivity index (χ0v) is 17.6. The van der Waals surface area contributed by atoms with Crippen molar-refractivity contribution in [2.75, 3.05) is 13.2 Å². The molecule has 0 N–H and O–H groups in total. The number of ether oxygens (including phenoxy) is 3. The third-order valence-electron chi connectivity index (χ3n) is 4.90. The van der Waals surface area contributed by atoms with E-state index in [1.54, 1.807) is 18.2 Å². The Labute approximate surface area is 178 Å². The number of hydrogen-bond donors (Lipinski definition) is 0. The fourth-order valence-corrected chi connectivity index (χ4v) is 3.24. The number of carbonyl (C=O) groups excluding carboxylic acids is 1. The quantitative estimate of drug-likeness (QED) is 0.194. The molecule has 0 amide bonds. The van der Waals surface area contributed by atoms with Crippen LogP contribution >= 0.6 is 0 Å². The van der Waals surface area contributed by atoms with Crippen molar-refractivity contribution in [1.29, 1.82) is 0 Å². The zero-order valence-electron chi connectivity index (χ0n) is 17.6. The maximum absolute atomic E-state index is 12.1. The smallest absolute Gasteiger partial charge is 0.349 e. The number of fused-ring (bicyclic) bond motifs is 1. The minimum absolute atomic E-state index is 0.148. The molecule has 3 aromatic carbocycles. The van der Waals surface area contributed by atoms with Gasteiger partial charge in [-0.1, -0.05) is 69.4 Å². The van der Waals surface area contributed by atoms with Crippen LogP contribution in [0.15, 0.2) is 66.7 Å². The van der Waals surface area contributed by atoms with Gasteiger partial charge in [0, 0.05) is 0 Å². The maximum atomic E-state index is 12.1. The molecule has 0 saturated carbocycles. The van der Waals surface area contributed by atoms with Crippen LogP contribution in [0.2, 0.25) is 0 Å². The summed E-state index contributed by atoms with van der Waals surface area (Å²) < 4.78 is 16.7. The van der Waals surface area contributed by atoms with Gasteiger partial charge in [-0.2, -0.15) is 0 Å². The van der Waals surface area contributed by atoms with Gasteiger partial charge < -0.3 is 14.2 Å². The summed E-state index contributed by atoms with van der Waals surface area (Å²) in [5, 5.41) is 2.13. The number of esters is 1. The largest absolute Gasteiger partial charge is 0.494 e. The molecule has 0 heterocycles. The van der Waals surface area contributed by atoms with E-state index in [-0.39, 0.29) is 6.61 Å². The van der Waals surface area contributed by atoms with Crippen molar-refractivity contribution in [3.05, 3.63) is 66.7 Å². The predicted octanol–water partition coefficient (Wildman–Crippen LogP) is 6.56. The van der Waals surface area contributed by atoms with Crippen molar-refractivity contribution in [3.63, 3.8) is 0 Å². The van der Waals surface area contributed by atoms with E-state index in [2.05, 4.69) is 6.92 Å². The monoisotopic (exact) mass is 406 g/mol. The minimum atomic E-state index is -0.436. The van der Waals surface area contributed by atoms with Crippen LogP contribution in [0.25, 0.3) is 10.8 Å². The van der Waals surface area contributed by atoms with Crippen molar-refractivity contribution in [2.45, 2.75) is 45.4 Å². The molecule has 0 aliphatic rings. The number of benzene rings is 3. The van der Waals surface area contributed by atoms with Crippen molar-refractivity contribution in [1.82, 2.24) is 0 Å². The first kappa shape index (κ1) is 21.7. The lowest BCUT2D eigenvalue weighted by Crippen LogP contribution is -2.17. The van der Waals surface area contributed by atoms with Crippen molar-refractivity contribution in [3.8, 4) is 17.2 Å². The van der Waals surface area contributed by atoms with E-state index in [1.807, 2.05) is 48.5 Å². The molecule has 0 spiro atoms. The molecule has 0 aliphatic carbocycles. The normalized spacial score (nSPS) is 10.7. The average molecular weight is 407 g/mol. The molecule has 0 saturated heterocycles. The second-order valence-corrected chi connectivity index (χ2v) is 7.36. The molecule has 0 atom stereocenters. The van der Waals surface area contributed by atoms with Gasteiger partial charge in [0.25, 0.3) is 0 Å². The first-order valence-corrected chi connectivity index (χ1v) is 10.8. The van der Waals surface area contributed by atoms with Crippen LogP contribution in [0, 0.1) is 0 Å². The molecule has 0 bridgehead atoms. The highest BCUT2D eigenvalue weighted by molar-refractivity contribution is 5.84. The Hall–Kier alpha value is -3.01. The van der Waals surface area contributed by atoms with Crippen molar-refractivity contribution >= 4 is 16.7 Å². The molecule has 4 heteroatoms. The molecule has 158 valence electrons. The van der Waals surface area contributed by atoms with Crippen LogP contribution < -0.4 is 14.2 Å². The van der Waals surface area contributed by atoms with Crippen molar-refractivity contribution < 1.29 is 19.0 Å². The topological polar surface area (TPSA) is 44.8 Å². The Bertz CT molecular complexity index is 918. The van der Waals surface area contributed by atoms with Gasteiger partial charge >= 0.3 is 5.97 Å². The Morgan fingerprint density at radius 2 is 1.33 bits per heavy atom. The van der Waals surface area contributed by atoms with E-state index in [0.717, 1.165) is 29.5 Å². The van der Waals surface area contributed by atoms with E-state index < -0.39 is 5.97 Å². The Kier molecular flexibility index (Phi) is 8.58. The summed E-state index contributed by atoms with van der Waals surface area (Å²) in [5.41, 5.74) is 0. The number of rotatable bonds is 12. The van der Waals surface area contributed by atoms with Gasteiger partial charge in [-0.3, -0.25) is 0 Å². The third-order valence-corrected chi connectivity index (χ3v) is 4.90. The highest BCUT2D eigenvalue weighted by atomic mass is 16.6. The minimum Gasteiger partial charge on any atom is -0.494 e. The third kappa shape index (κ3) is 7.11. The van der Waals surface area contributed by atoms with Gasteiger partial charge in [-0.05, 0) is 53.6 Å². The van der Waals surface area contributed by atoms with Gasteiger partial charge in [0.05, 0.1) is 6.61 Å². The summed E-state index contributed by atoms with van der Waals surface area (Å²) in [6.45, 7) is 2.81. The van der Waals surface area contributed by atoms with E-state index in [9.17, 15) is 4.79 Å². The molecule has 0 radical (unpaired) electrons. The summed E-state index contributed by atoms with van der Waals surface area (Å²) in [4.78, 5) is 12.1. The lowest BCUT2D eigenvalue weighted by atomic mass is 10.1. The first-order valence-electron chi connectivity index (χ1n) is 10.8. The van der Waals surface area contributed by atoms with E-state index in [1.165, 1.54) is 32.1 Å². The summed E-state index contributed by atoms with van der Waals surface area (Å²) >= 11 is 0. The highest BCUT2D eigenvalue weighted by Crippen LogP contribution is 2.21. The number of carbonyl (C=O) groups is 1. The highest BCUT2D eigenvalue weighted by Gasteiger charge is 2.07.